The van der Waals surface area contributed by atoms with Crippen LogP contribution in [0.1, 0.15) is 153 Å². The van der Waals surface area contributed by atoms with Gasteiger partial charge in [-0.3, -0.25) is 52.7 Å². The van der Waals surface area contributed by atoms with E-state index < -0.39 is 125 Å². The van der Waals surface area contributed by atoms with E-state index in [1.54, 1.807) is 26.0 Å². The molecule has 1 heterocycles. The van der Waals surface area contributed by atoms with Gasteiger partial charge >= 0.3 is 0 Å². The van der Waals surface area contributed by atoms with E-state index in [-0.39, 0.29) is 80.5 Å². The molecule has 0 unspecified atom stereocenters. The Morgan fingerprint density at radius 1 is 0.531 bits per heavy atom. The van der Waals surface area contributed by atoms with Gasteiger partial charge in [-0.05, 0) is 125 Å². The molecule has 24 nitrogen and oxygen atoms in total. The average Bonchev–Trinajstić information content (AvgIpc) is 3.87. The second-order valence-corrected chi connectivity index (χ2v) is 23.5. The Hall–Kier alpha value is -6.85. The average molecular weight is 1140 g/mol. The molecule has 0 radical (unpaired) electrons. The summed E-state index contributed by atoms with van der Waals surface area (Å²) in [4.78, 5) is 151. The molecule has 0 saturated carbocycles. The van der Waals surface area contributed by atoms with E-state index in [0.29, 0.717) is 37.7 Å². The van der Waals surface area contributed by atoms with Crippen LogP contribution in [0.5, 0.6) is 5.75 Å². The van der Waals surface area contributed by atoms with Crippen LogP contribution in [0.25, 0.3) is 0 Å². The molecule has 81 heavy (non-hydrogen) atoms. The van der Waals surface area contributed by atoms with Crippen molar-refractivity contribution in [1.82, 2.24) is 52.8 Å². The fourth-order valence-electron chi connectivity index (χ4n) is 9.40. The fraction of sp³-hybridized carbons (Fsp3) is 0.702. The molecule has 1 saturated heterocycles. The van der Waals surface area contributed by atoms with E-state index in [9.17, 15) is 57.8 Å². The largest absolute Gasteiger partial charge is 0.508 e. The van der Waals surface area contributed by atoms with Gasteiger partial charge in [-0.25, -0.2) is 0 Å². The van der Waals surface area contributed by atoms with Gasteiger partial charge in [0.1, 0.15) is 66.2 Å². The number of nitrogens with zero attached hydrogens (tertiary/aromatic N) is 1. The van der Waals surface area contributed by atoms with E-state index in [0.717, 1.165) is 0 Å². The number of aromatic hydroxyl groups is 1. The highest BCUT2D eigenvalue weighted by molar-refractivity contribution is 5.99. The van der Waals surface area contributed by atoms with Crippen molar-refractivity contribution in [2.45, 2.75) is 215 Å². The molecule has 24 heteroatoms. The number of carbonyl (C=O) groups is 11. The second-order valence-electron chi connectivity index (χ2n) is 23.5. The highest BCUT2D eigenvalue weighted by Gasteiger charge is 2.40. The summed E-state index contributed by atoms with van der Waals surface area (Å²) in [6.45, 7) is 22.9. The van der Waals surface area contributed by atoms with E-state index in [1.165, 1.54) is 37.8 Å². The molecule has 0 aliphatic carbocycles. The Morgan fingerprint density at radius 3 is 1.38 bits per heavy atom. The van der Waals surface area contributed by atoms with Gasteiger partial charge in [0.2, 0.25) is 65.0 Å². The lowest BCUT2D eigenvalue weighted by atomic mass is 9.98. The molecule has 1 aromatic rings. The van der Waals surface area contributed by atoms with Gasteiger partial charge in [-0.1, -0.05) is 81.4 Å². The number of unbranched alkanes of at least 4 members (excludes halogenated alkanes) is 1. The molecular formula is C57H96N12O12. The summed E-state index contributed by atoms with van der Waals surface area (Å²) >= 11 is 0. The molecule has 1 aliphatic rings. The maximum absolute atomic E-state index is 14.6. The van der Waals surface area contributed by atoms with Gasteiger partial charge in [-0.2, -0.15) is 0 Å². The number of phenolic OH excluding ortho intramolecular Hbond substituents is 1. The number of carbonyl (C=O) groups excluding carboxylic acids is 11. The number of hydrogen-bond donors (Lipinski definition) is 12. The molecule has 10 atom stereocenters. The van der Waals surface area contributed by atoms with Crippen molar-refractivity contribution in [3.05, 3.63) is 29.8 Å². The first kappa shape index (κ1) is 70.3. The lowest BCUT2D eigenvalue weighted by molar-refractivity contribution is -0.142. The standard InChI is InChI=1S/C57H96N12O12/c1-30(2)25-41(62-37(13)70)51(75)60-35(11)49(73)64-43(27-32(5)6)53(77)63-40(17-14-15-23-58)50(74)67-45(29-38-19-21-39(71)22-20-38)55(79)66-44(28-33(7)8)54(78)65-42(26-31(3)4)52(76)61-36(12)57(81)69-24-16-18-46(69)56(80)68-47(34(9)10)48(59)72/h19-22,30-36,40-47,71H,14-18,23-29,58H2,1-13H3,(H2,59,72)(H,60,75)(H,61,76)(H,62,70)(H,63,77)(H,64,73)(H,65,78)(H,66,79)(H,67,74)(H,68,80)/t35-,36-,40-,41-,42-,43-,44-,45-,46-,47-/m0/s1. The minimum Gasteiger partial charge on any atom is -0.508 e. The maximum atomic E-state index is 14.6. The van der Waals surface area contributed by atoms with Crippen molar-refractivity contribution in [1.29, 1.82) is 0 Å². The summed E-state index contributed by atoms with van der Waals surface area (Å²) < 4.78 is 0. The lowest BCUT2D eigenvalue weighted by Gasteiger charge is -2.30. The number of benzene rings is 1. The number of phenols is 1. The van der Waals surface area contributed by atoms with E-state index in [1.807, 2.05) is 55.4 Å². The van der Waals surface area contributed by atoms with Crippen LogP contribution < -0.4 is 59.3 Å². The third kappa shape index (κ3) is 24.8. The van der Waals surface area contributed by atoms with Crippen LogP contribution in [0.2, 0.25) is 0 Å². The van der Waals surface area contributed by atoms with Crippen molar-refractivity contribution in [2.24, 2.45) is 41.1 Å². The molecule has 1 aliphatic heterocycles. The number of amides is 11. The lowest BCUT2D eigenvalue weighted by Crippen LogP contribution is -2.61. The van der Waals surface area contributed by atoms with Crippen molar-refractivity contribution in [3.8, 4) is 5.75 Å². The molecule has 14 N–H and O–H groups in total. The van der Waals surface area contributed by atoms with Crippen LogP contribution in [0.15, 0.2) is 24.3 Å². The Kier molecular flexibility index (Phi) is 29.9. The number of hydrogen-bond acceptors (Lipinski definition) is 13. The SMILES string of the molecule is CC(=O)N[C@@H](CC(C)C)C(=O)N[C@@H](C)C(=O)N[C@@H](CC(C)C)C(=O)N[C@@H](CCCCN)C(=O)N[C@@H](Cc1ccc(O)cc1)C(=O)N[C@@H](CC(C)C)C(=O)N[C@@H](CC(C)C)C(=O)N[C@@H](C)C(=O)N1CCC[C@H]1C(=O)N[C@H](C(N)=O)C(C)C. The van der Waals surface area contributed by atoms with Gasteiger partial charge in [0.05, 0.1) is 0 Å². The second kappa shape index (κ2) is 34.4. The quantitative estimate of drug-likeness (QED) is 0.0426. The Labute approximate surface area is 478 Å². The molecule has 0 spiro atoms. The number of primary amides is 1. The van der Waals surface area contributed by atoms with E-state index >= 15 is 0 Å². The Morgan fingerprint density at radius 2 is 0.938 bits per heavy atom. The molecular weight excluding hydrogens is 1040 g/mol. The molecule has 1 fully saturated rings. The minimum atomic E-state index is -1.38. The van der Waals surface area contributed by atoms with Crippen LogP contribution in [0.3, 0.4) is 0 Å². The topological polar surface area (TPSA) is 372 Å². The summed E-state index contributed by atoms with van der Waals surface area (Å²) in [5.41, 5.74) is 11.8. The minimum absolute atomic E-state index is 0.0411. The zero-order chi connectivity index (χ0) is 61.4. The molecule has 456 valence electrons. The summed E-state index contributed by atoms with van der Waals surface area (Å²) in [6, 6.07) is -5.35. The van der Waals surface area contributed by atoms with Crippen LogP contribution in [-0.2, 0) is 59.2 Å². The van der Waals surface area contributed by atoms with Gasteiger partial charge in [-0.15, -0.1) is 0 Å². The van der Waals surface area contributed by atoms with Gasteiger partial charge in [0.25, 0.3) is 0 Å². The fourth-order valence-corrected chi connectivity index (χ4v) is 9.40. The predicted molar refractivity (Wildman–Crippen MR) is 306 cm³/mol. The van der Waals surface area contributed by atoms with Crippen molar-refractivity contribution >= 4 is 65.0 Å². The predicted octanol–water partition coefficient (Wildman–Crippen LogP) is 0.803. The zero-order valence-corrected chi connectivity index (χ0v) is 50.0. The smallest absolute Gasteiger partial charge is 0.245 e. The first-order valence-corrected chi connectivity index (χ1v) is 28.6. The molecule has 0 aromatic heterocycles. The highest BCUT2D eigenvalue weighted by Crippen LogP contribution is 2.21. The first-order valence-electron chi connectivity index (χ1n) is 28.6. The summed E-state index contributed by atoms with van der Waals surface area (Å²) in [7, 11) is 0. The Balaban J connectivity index is 2.43. The summed E-state index contributed by atoms with van der Waals surface area (Å²) in [5, 5.41) is 34.5. The van der Waals surface area contributed by atoms with Gasteiger partial charge in [0.15, 0.2) is 0 Å². The van der Waals surface area contributed by atoms with E-state index in [2.05, 4.69) is 47.9 Å². The normalized spacial score (nSPS) is 16.7. The van der Waals surface area contributed by atoms with Crippen LogP contribution >= 0.6 is 0 Å². The number of nitrogens with two attached hydrogens (primary N) is 2. The number of likely N-dealkylation sites (tertiary alicyclic amines) is 1. The van der Waals surface area contributed by atoms with Crippen LogP contribution in [0, 0.1) is 29.6 Å². The van der Waals surface area contributed by atoms with E-state index in [4.69, 9.17) is 11.5 Å². The molecule has 11 amide bonds. The molecule has 2 rings (SSSR count). The third-order valence-electron chi connectivity index (χ3n) is 13.6. The van der Waals surface area contributed by atoms with Crippen LogP contribution in [-0.4, -0.2) is 148 Å². The molecule has 1 aromatic carbocycles. The number of nitrogens with one attached hydrogen (secondary N) is 9. The summed E-state index contributed by atoms with van der Waals surface area (Å²) in [5.74, 6) is -7.93. The monoisotopic (exact) mass is 1140 g/mol. The summed E-state index contributed by atoms with van der Waals surface area (Å²) in [6.07, 6.45) is 2.29. The first-order chi connectivity index (χ1) is 37.8. The van der Waals surface area contributed by atoms with Crippen molar-refractivity contribution in [2.75, 3.05) is 13.1 Å². The van der Waals surface area contributed by atoms with Gasteiger partial charge < -0.3 is 69.3 Å². The van der Waals surface area contributed by atoms with Crippen molar-refractivity contribution in [3.63, 3.8) is 0 Å². The zero-order valence-electron chi connectivity index (χ0n) is 50.0. The number of rotatable bonds is 34. The Bertz CT molecular complexity index is 2290. The van der Waals surface area contributed by atoms with Gasteiger partial charge in [0, 0.05) is 19.9 Å². The highest BCUT2D eigenvalue weighted by atomic mass is 16.3. The van der Waals surface area contributed by atoms with Crippen LogP contribution in [0.4, 0.5) is 0 Å². The molecule has 0 bridgehead atoms. The van der Waals surface area contributed by atoms with Crippen molar-refractivity contribution < 1.29 is 57.8 Å². The third-order valence-corrected chi connectivity index (χ3v) is 13.6. The maximum Gasteiger partial charge on any atom is 0.245 e.